The van der Waals surface area contributed by atoms with Gasteiger partial charge in [0.25, 0.3) is 0 Å². The number of benzene rings is 3. The second-order valence-electron chi connectivity index (χ2n) is 19.6. The van der Waals surface area contributed by atoms with E-state index in [1.807, 2.05) is 0 Å². The summed E-state index contributed by atoms with van der Waals surface area (Å²) in [5, 5.41) is 15.7. The fraction of sp³-hybridized carbons (Fsp3) is 0.475. The van der Waals surface area contributed by atoms with Crippen molar-refractivity contribution in [2.75, 3.05) is 50.8 Å². The molecular formula is C59H75Cl3N4O4. The number of rotatable bonds is 24. The zero-order chi connectivity index (χ0) is 50.7. The van der Waals surface area contributed by atoms with Crippen molar-refractivity contribution >= 4 is 63.8 Å². The number of allylic oxidation sites excluding steroid dienone is 8. The first-order valence-electron chi connectivity index (χ1n) is 25.3. The van der Waals surface area contributed by atoms with E-state index >= 15 is 0 Å². The highest BCUT2D eigenvalue weighted by atomic mass is 35.5. The first-order valence-corrected chi connectivity index (χ1v) is 26.4. The number of nitrogens with one attached hydrogen (secondary N) is 1. The molecule has 11 heteroatoms. The predicted molar refractivity (Wildman–Crippen MR) is 291 cm³/mol. The molecule has 3 aromatic rings. The molecule has 376 valence electrons. The van der Waals surface area contributed by atoms with Gasteiger partial charge >= 0.3 is 0 Å². The SMILES string of the molecule is C#CCN(CCCNC(=O)CCCCC[N+]1=C(/C=C/C)C(C)(C)c2ccccc21)CCCOc1ccc(Cl)cc1Cl.CC1=C(Cl)/C(=C/C=C2\N(CCCCCC(=O)[O-])c3ccccc3C2(C)C)CCC1. The number of para-hydroxylation sites is 2. The molecule has 0 radical (unpaired) electrons. The second kappa shape index (κ2) is 27.7. The molecule has 3 aromatic carbocycles. The largest absolute Gasteiger partial charge is 0.550 e. The van der Waals surface area contributed by atoms with E-state index in [2.05, 4.69) is 140 Å². The Hall–Kier alpha value is -4.78. The summed E-state index contributed by atoms with van der Waals surface area (Å²) < 4.78 is 8.22. The first-order chi connectivity index (χ1) is 33.6. The van der Waals surface area contributed by atoms with Crippen LogP contribution in [0.25, 0.3) is 0 Å². The van der Waals surface area contributed by atoms with Gasteiger partial charge in [0, 0.05) is 89.6 Å². The van der Waals surface area contributed by atoms with E-state index in [4.69, 9.17) is 46.0 Å². The Kier molecular flexibility index (Phi) is 22.2. The van der Waals surface area contributed by atoms with E-state index in [9.17, 15) is 14.7 Å². The molecule has 0 saturated heterocycles. The minimum absolute atomic E-state index is 0.00172. The van der Waals surface area contributed by atoms with E-state index in [1.54, 1.807) is 18.2 Å². The number of carboxylic acids is 1. The second-order valence-corrected chi connectivity index (χ2v) is 20.8. The highest BCUT2D eigenvalue weighted by Gasteiger charge is 2.44. The van der Waals surface area contributed by atoms with Gasteiger partial charge in [0.1, 0.15) is 12.3 Å². The Morgan fingerprint density at radius 1 is 0.871 bits per heavy atom. The van der Waals surface area contributed by atoms with Crippen LogP contribution in [0, 0.1) is 12.3 Å². The average Bonchev–Trinajstić information content (AvgIpc) is 3.68. The number of aliphatic carboxylic acids is 1. The fourth-order valence-corrected chi connectivity index (χ4v) is 10.5. The van der Waals surface area contributed by atoms with Gasteiger partial charge in [0.05, 0.1) is 23.6 Å². The smallest absolute Gasteiger partial charge is 0.219 e. The number of terminal acetylenes is 1. The highest BCUT2D eigenvalue weighted by Crippen LogP contribution is 2.48. The van der Waals surface area contributed by atoms with E-state index in [1.165, 1.54) is 45.1 Å². The van der Waals surface area contributed by atoms with Gasteiger partial charge in [0.2, 0.25) is 11.6 Å². The van der Waals surface area contributed by atoms with Crippen molar-refractivity contribution in [3.8, 4) is 18.1 Å². The molecule has 0 saturated carbocycles. The van der Waals surface area contributed by atoms with Crippen molar-refractivity contribution in [3.63, 3.8) is 0 Å². The molecule has 0 unspecified atom stereocenters. The van der Waals surface area contributed by atoms with Crippen molar-refractivity contribution in [1.82, 2.24) is 10.2 Å². The Bertz CT molecular complexity index is 2460. The molecule has 6 rings (SSSR count). The van der Waals surface area contributed by atoms with Gasteiger partial charge in [-0.1, -0.05) is 115 Å². The molecule has 2 aliphatic heterocycles. The van der Waals surface area contributed by atoms with Gasteiger partial charge in [-0.2, -0.15) is 4.58 Å². The third kappa shape index (κ3) is 15.6. The molecule has 8 nitrogen and oxygen atoms in total. The lowest BCUT2D eigenvalue weighted by Gasteiger charge is -2.27. The van der Waals surface area contributed by atoms with Crippen molar-refractivity contribution in [3.05, 3.63) is 134 Å². The minimum Gasteiger partial charge on any atom is -0.550 e. The zero-order valence-corrected chi connectivity index (χ0v) is 44.8. The topological polar surface area (TPSA) is 88.0 Å². The van der Waals surface area contributed by atoms with Crippen LogP contribution in [-0.4, -0.2) is 72.9 Å². The Balaban J connectivity index is 0.000000276. The van der Waals surface area contributed by atoms with Crippen LogP contribution >= 0.6 is 34.8 Å². The molecule has 0 atom stereocenters. The van der Waals surface area contributed by atoms with Gasteiger partial charge in [-0.15, -0.1) is 6.42 Å². The number of ether oxygens (including phenoxy) is 1. The van der Waals surface area contributed by atoms with E-state index in [0.717, 1.165) is 95.4 Å². The number of amides is 1. The maximum atomic E-state index is 12.4. The third-order valence-electron chi connectivity index (χ3n) is 13.6. The van der Waals surface area contributed by atoms with Crippen LogP contribution in [0.4, 0.5) is 11.4 Å². The Morgan fingerprint density at radius 3 is 2.33 bits per heavy atom. The maximum absolute atomic E-state index is 12.4. The predicted octanol–water partition coefficient (Wildman–Crippen LogP) is 13.0. The first kappa shape index (κ1) is 56.1. The van der Waals surface area contributed by atoms with Crippen molar-refractivity contribution < 1.29 is 24.0 Å². The molecule has 1 amide bonds. The van der Waals surface area contributed by atoms with Crippen molar-refractivity contribution in [1.29, 1.82) is 0 Å². The third-order valence-corrected chi connectivity index (χ3v) is 14.7. The average molecular weight is 1010 g/mol. The lowest BCUT2D eigenvalue weighted by Crippen LogP contribution is -2.31. The molecule has 2 heterocycles. The Morgan fingerprint density at radius 2 is 1.59 bits per heavy atom. The summed E-state index contributed by atoms with van der Waals surface area (Å²) in [7, 11) is 0. The standard InChI is InChI=1S/C34H43Cl2N3O2.C25H32ClNO2/c1-5-14-32-34(3,4)28-15-9-10-16-30(28)39(32)24-11-7-8-17-33(40)37-20-12-22-38(21-6-2)23-13-25-41-31-19-18-27(35)26-29(31)36;1-18-10-9-11-19(24(18)26)15-16-22-25(2,3)20-12-6-7-13-21(20)27(22)17-8-4-5-14-23(28)29/h2,5,9-10,14-16,18-19,26H,7-8,11-13,17,20-25H2,1,3-4H3;6-7,12-13,15-16H,4-5,8-11,14,17H2,1-3H3,(H,28,29)/b14-5+;19-15+,22-16-. The van der Waals surface area contributed by atoms with Crippen molar-refractivity contribution in [2.45, 2.75) is 136 Å². The lowest BCUT2D eigenvalue weighted by molar-refractivity contribution is -0.438. The monoisotopic (exact) mass is 1010 g/mol. The van der Waals surface area contributed by atoms with Crippen LogP contribution in [-0.2, 0) is 20.4 Å². The number of unbranched alkanes of at least 4 members (excludes halogenated alkanes) is 4. The summed E-state index contributed by atoms with van der Waals surface area (Å²) in [6.45, 7) is 18.6. The zero-order valence-electron chi connectivity index (χ0n) is 42.5. The van der Waals surface area contributed by atoms with Gasteiger partial charge in [-0.25, -0.2) is 0 Å². The number of halogens is 3. The fourth-order valence-electron chi connectivity index (χ4n) is 9.82. The van der Waals surface area contributed by atoms with Crippen LogP contribution in [0.5, 0.6) is 5.75 Å². The normalized spacial score (nSPS) is 17.0. The van der Waals surface area contributed by atoms with Crippen LogP contribution in [0.2, 0.25) is 10.0 Å². The molecule has 0 aromatic heterocycles. The molecule has 0 bridgehead atoms. The summed E-state index contributed by atoms with van der Waals surface area (Å²) in [5.74, 6) is 2.51. The minimum atomic E-state index is -0.961. The number of nitrogens with zero attached hydrogens (tertiary/aromatic N) is 3. The Labute approximate surface area is 434 Å². The molecule has 70 heavy (non-hydrogen) atoms. The van der Waals surface area contributed by atoms with Crippen LogP contribution < -0.4 is 20.1 Å². The van der Waals surface area contributed by atoms with Crippen LogP contribution in [0.3, 0.4) is 0 Å². The molecular weight excluding hydrogens is 935 g/mol. The van der Waals surface area contributed by atoms with Crippen LogP contribution in [0.15, 0.2) is 113 Å². The molecule has 0 fully saturated rings. The van der Waals surface area contributed by atoms with E-state index < -0.39 is 5.97 Å². The number of carbonyl (C=O) groups is 2. The van der Waals surface area contributed by atoms with Gasteiger partial charge in [-0.3, -0.25) is 9.69 Å². The molecule has 1 N–H and O–H groups in total. The van der Waals surface area contributed by atoms with Gasteiger partial charge < -0.3 is 24.9 Å². The van der Waals surface area contributed by atoms with Crippen molar-refractivity contribution in [2.24, 2.45) is 0 Å². The summed E-state index contributed by atoms with van der Waals surface area (Å²) in [4.78, 5) is 27.7. The highest BCUT2D eigenvalue weighted by molar-refractivity contribution is 6.35. The lowest BCUT2D eigenvalue weighted by atomic mass is 9.81. The van der Waals surface area contributed by atoms with E-state index in [-0.39, 0.29) is 23.2 Å². The summed E-state index contributed by atoms with van der Waals surface area (Å²) in [6, 6.07) is 22.5. The number of hydrogen-bond donors (Lipinski definition) is 1. The number of hydrogen-bond acceptors (Lipinski definition) is 6. The summed E-state index contributed by atoms with van der Waals surface area (Å²) in [6.07, 6.45) is 25.5. The van der Waals surface area contributed by atoms with E-state index in [0.29, 0.717) is 48.3 Å². The number of carboxylic acid groups (broad SMARTS) is 1. The van der Waals surface area contributed by atoms with Gasteiger partial charge in [-0.05, 0) is 133 Å². The quantitative estimate of drug-likeness (QED) is 0.0546. The molecule has 3 aliphatic rings. The summed E-state index contributed by atoms with van der Waals surface area (Å²) in [5.41, 5.74) is 10.3. The van der Waals surface area contributed by atoms with Crippen LogP contribution in [0.1, 0.15) is 136 Å². The summed E-state index contributed by atoms with van der Waals surface area (Å²) >= 11 is 18.7. The molecule has 1 aliphatic carbocycles. The number of fused-ring (bicyclic) bond motifs is 2. The number of anilines is 1. The number of carbonyl (C=O) groups excluding carboxylic acids is 2. The molecule has 0 spiro atoms. The maximum Gasteiger partial charge on any atom is 0.219 e. The van der Waals surface area contributed by atoms with Gasteiger partial charge in [0.15, 0.2) is 5.71 Å².